The van der Waals surface area contributed by atoms with Crippen molar-refractivity contribution in [2.45, 2.75) is 25.1 Å². The minimum Gasteiger partial charge on any atom is -0.448 e. The van der Waals surface area contributed by atoms with Crippen LogP contribution in [0, 0.1) is 0 Å². The summed E-state index contributed by atoms with van der Waals surface area (Å²) in [6.07, 6.45) is 0.674. The lowest BCUT2D eigenvalue weighted by atomic mass is 10.2. The van der Waals surface area contributed by atoms with Gasteiger partial charge in [-0.2, -0.15) is 0 Å². The quantitative estimate of drug-likeness (QED) is 0.693. The van der Waals surface area contributed by atoms with Gasteiger partial charge in [0.2, 0.25) is 0 Å². The molecular formula is C7H8ClF2NO. The van der Waals surface area contributed by atoms with Crippen molar-refractivity contribution in [2.75, 3.05) is 0 Å². The van der Waals surface area contributed by atoms with Crippen LogP contribution in [0.5, 0.6) is 0 Å². The first-order valence-corrected chi connectivity index (χ1v) is 3.91. The summed E-state index contributed by atoms with van der Waals surface area (Å²) in [5, 5.41) is 0. The summed E-state index contributed by atoms with van der Waals surface area (Å²) >= 11 is 5.43. The Balaban J connectivity index is 2.75. The third-order valence-corrected chi connectivity index (χ3v) is 1.58. The SMILES string of the molecule is CC(F)(F)Cc1ocnc1CCl. The lowest BCUT2D eigenvalue weighted by Crippen LogP contribution is -2.14. The molecule has 68 valence electrons. The first-order valence-electron chi connectivity index (χ1n) is 3.38. The van der Waals surface area contributed by atoms with Gasteiger partial charge in [-0.05, 0) is 6.92 Å². The van der Waals surface area contributed by atoms with Crippen molar-refractivity contribution < 1.29 is 13.2 Å². The summed E-state index contributed by atoms with van der Waals surface area (Å²) in [7, 11) is 0. The minimum atomic E-state index is -2.78. The molecule has 1 aromatic heterocycles. The van der Waals surface area contributed by atoms with Crippen LogP contribution in [0.15, 0.2) is 10.8 Å². The molecule has 0 atom stereocenters. The Morgan fingerprint density at radius 2 is 2.33 bits per heavy atom. The van der Waals surface area contributed by atoms with E-state index in [-0.39, 0.29) is 11.6 Å². The third kappa shape index (κ3) is 2.44. The van der Waals surface area contributed by atoms with Gasteiger partial charge in [-0.15, -0.1) is 11.6 Å². The van der Waals surface area contributed by atoms with Gasteiger partial charge in [-0.3, -0.25) is 0 Å². The van der Waals surface area contributed by atoms with Gasteiger partial charge in [0.25, 0.3) is 5.92 Å². The van der Waals surface area contributed by atoms with Gasteiger partial charge < -0.3 is 4.42 Å². The Hall–Kier alpha value is -0.640. The number of rotatable bonds is 3. The van der Waals surface area contributed by atoms with Crippen molar-refractivity contribution in [1.82, 2.24) is 4.98 Å². The maximum atomic E-state index is 12.5. The van der Waals surface area contributed by atoms with E-state index < -0.39 is 12.3 Å². The van der Waals surface area contributed by atoms with Gasteiger partial charge in [0.1, 0.15) is 5.76 Å². The van der Waals surface area contributed by atoms with Crippen LogP contribution in [0.4, 0.5) is 8.78 Å². The molecule has 12 heavy (non-hydrogen) atoms. The molecule has 0 amide bonds. The van der Waals surface area contributed by atoms with Crippen molar-refractivity contribution in [1.29, 1.82) is 0 Å². The zero-order valence-corrected chi connectivity index (χ0v) is 7.24. The fraction of sp³-hybridized carbons (Fsp3) is 0.571. The van der Waals surface area contributed by atoms with Crippen LogP contribution in [-0.2, 0) is 12.3 Å². The molecule has 0 radical (unpaired) electrons. The standard InChI is InChI=1S/C7H8ClF2NO/c1-7(9,10)2-6-5(3-8)11-4-12-6/h4H,2-3H2,1H3. The van der Waals surface area contributed by atoms with E-state index in [2.05, 4.69) is 4.98 Å². The fourth-order valence-corrected chi connectivity index (χ4v) is 1.05. The Bertz CT molecular complexity index is 256. The van der Waals surface area contributed by atoms with Gasteiger partial charge >= 0.3 is 0 Å². The lowest BCUT2D eigenvalue weighted by molar-refractivity contribution is 0.0174. The Morgan fingerprint density at radius 1 is 1.67 bits per heavy atom. The van der Waals surface area contributed by atoms with Crippen LogP contribution in [0.25, 0.3) is 0 Å². The summed E-state index contributed by atoms with van der Waals surface area (Å²) in [5.74, 6) is -2.51. The summed E-state index contributed by atoms with van der Waals surface area (Å²) in [6, 6.07) is 0. The Morgan fingerprint density at radius 3 is 2.83 bits per heavy atom. The molecular weight excluding hydrogens is 188 g/mol. The number of halogens is 3. The van der Waals surface area contributed by atoms with Crippen molar-refractivity contribution in [2.24, 2.45) is 0 Å². The number of oxazole rings is 1. The van der Waals surface area contributed by atoms with E-state index >= 15 is 0 Å². The number of hydrogen-bond donors (Lipinski definition) is 0. The predicted octanol–water partition coefficient (Wildman–Crippen LogP) is 2.61. The van der Waals surface area contributed by atoms with Crippen LogP contribution in [0.3, 0.4) is 0 Å². The first-order chi connectivity index (χ1) is 5.53. The smallest absolute Gasteiger partial charge is 0.252 e. The third-order valence-electron chi connectivity index (χ3n) is 1.32. The maximum absolute atomic E-state index is 12.5. The van der Waals surface area contributed by atoms with Gasteiger partial charge in [-0.1, -0.05) is 0 Å². The second-order valence-electron chi connectivity index (χ2n) is 2.60. The van der Waals surface area contributed by atoms with Gasteiger partial charge in [0.15, 0.2) is 6.39 Å². The highest BCUT2D eigenvalue weighted by Gasteiger charge is 2.25. The zero-order chi connectivity index (χ0) is 9.19. The number of aromatic nitrogens is 1. The summed E-state index contributed by atoms with van der Waals surface area (Å²) < 4.78 is 29.7. The van der Waals surface area contributed by atoms with Gasteiger partial charge in [0, 0.05) is 0 Å². The predicted molar refractivity (Wildman–Crippen MR) is 40.4 cm³/mol. The minimum absolute atomic E-state index is 0.0991. The number of alkyl halides is 3. The fourth-order valence-electron chi connectivity index (χ4n) is 0.828. The van der Waals surface area contributed by atoms with E-state index in [1.807, 2.05) is 0 Å². The molecule has 2 nitrogen and oxygen atoms in total. The summed E-state index contributed by atoms with van der Waals surface area (Å²) in [6.45, 7) is 0.827. The average molecular weight is 196 g/mol. The topological polar surface area (TPSA) is 26.0 Å². The molecule has 0 bridgehead atoms. The Kier molecular flexibility index (Phi) is 2.67. The largest absolute Gasteiger partial charge is 0.448 e. The molecule has 1 heterocycles. The average Bonchev–Trinajstić information content (AvgIpc) is 2.31. The monoisotopic (exact) mass is 195 g/mol. The molecule has 0 aliphatic heterocycles. The number of hydrogen-bond acceptors (Lipinski definition) is 2. The molecule has 5 heteroatoms. The van der Waals surface area contributed by atoms with Crippen LogP contribution in [0.1, 0.15) is 18.4 Å². The van der Waals surface area contributed by atoms with Crippen molar-refractivity contribution >= 4 is 11.6 Å². The van der Waals surface area contributed by atoms with Crippen LogP contribution >= 0.6 is 11.6 Å². The molecule has 0 unspecified atom stereocenters. The summed E-state index contributed by atoms with van der Waals surface area (Å²) in [4.78, 5) is 3.69. The van der Waals surface area contributed by atoms with E-state index in [1.54, 1.807) is 0 Å². The molecule has 0 N–H and O–H groups in total. The highest BCUT2D eigenvalue weighted by Crippen LogP contribution is 2.21. The van der Waals surface area contributed by atoms with E-state index in [9.17, 15) is 8.78 Å². The van der Waals surface area contributed by atoms with Gasteiger partial charge in [0.05, 0.1) is 18.0 Å². The van der Waals surface area contributed by atoms with Gasteiger partial charge in [-0.25, -0.2) is 13.8 Å². The zero-order valence-electron chi connectivity index (χ0n) is 6.48. The molecule has 0 spiro atoms. The van der Waals surface area contributed by atoms with Crippen molar-refractivity contribution in [3.63, 3.8) is 0 Å². The van der Waals surface area contributed by atoms with E-state index in [0.717, 1.165) is 13.3 Å². The summed E-state index contributed by atoms with van der Waals surface area (Å²) in [5.41, 5.74) is 0.387. The molecule has 0 fully saturated rings. The van der Waals surface area contributed by atoms with E-state index in [1.165, 1.54) is 0 Å². The molecule has 0 aromatic carbocycles. The Labute approximate surface area is 73.5 Å². The second kappa shape index (κ2) is 3.39. The van der Waals surface area contributed by atoms with Crippen LogP contribution < -0.4 is 0 Å². The maximum Gasteiger partial charge on any atom is 0.252 e. The normalized spacial score (nSPS) is 12.0. The highest BCUT2D eigenvalue weighted by atomic mass is 35.5. The first kappa shape index (κ1) is 9.45. The molecule has 0 saturated heterocycles. The molecule has 0 saturated carbocycles. The van der Waals surface area contributed by atoms with E-state index in [4.69, 9.17) is 16.0 Å². The molecule has 1 aromatic rings. The lowest BCUT2D eigenvalue weighted by Gasteiger charge is -2.07. The molecule has 0 aliphatic rings. The van der Waals surface area contributed by atoms with E-state index in [0.29, 0.717) is 5.69 Å². The van der Waals surface area contributed by atoms with Crippen molar-refractivity contribution in [3.05, 3.63) is 17.8 Å². The molecule has 0 aliphatic carbocycles. The molecule has 1 rings (SSSR count). The van der Waals surface area contributed by atoms with Crippen LogP contribution in [0.2, 0.25) is 0 Å². The number of nitrogens with zero attached hydrogens (tertiary/aromatic N) is 1. The van der Waals surface area contributed by atoms with Crippen LogP contribution in [-0.4, -0.2) is 10.9 Å². The highest BCUT2D eigenvalue weighted by molar-refractivity contribution is 6.16. The van der Waals surface area contributed by atoms with Crippen molar-refractivity contribution in [3.8, 4) is 0 Å². The second-order valence-corrected chi connectivity index (χ2v) is 2.87.